The molecule has 0 bridgehead atoms. The third-order valence-electron chi connectivity index (χ3n) is 2.70. The molecule has 22 heavy (non-hydrogen) atoms. The van der Waals surface area contributed by atoms with E-state index in [1.165, 1.54) is 12.1 Å². The quantitative estimate of drug-likeness (QED) is 0.577. The molecule has 0 fully saturated rings. The highest BCUT2D eigenvalue weighted by atomic mass is 32.1. The highest BCUT2D eigenvalue weighted by molar-refractivity contribution is 7.96. The van der Waals surface area contributed by atoms with E-state index in [0.29, 0.717) is 24.2 Å². The average Bonchev–Trinajstić information content (AvgIpc) is 2.45. The Hall–Kier alpha value is -1.93. The van der Waals surface area contributed by atoms with Crippen molar-refractivity contribution < 1.29 is 19.1 Å². The molecule has 0 unspecified atom stereocenters. The topological polar surface area (TPSA) is 84.5 Å². The molecule has 0 radical (unpaired) electrons. The molecular formula is C14H16N2O4S2. The summed E-state index contributed by atoms with van der Waals surface area (Å²) in [6.45, 7) is 3.96. The third kappa shape index (κ3) is 5.12. The molecule has 1 aromatic rings. The molecule has 3 amide bonds. The van der Waals surface area contributed by atoms with Gasteiger partial charge in [-0.05, 0) is 49.3 Å². The predicted octanol–water partition coefficient (Wildman–Crippen LogP) is 2.08. The number of carbonyl (C=O) groups is 3. The summed E-state index contributed by atoms with van der Waals surface area (Å²) >= 11 is 8.34. The van der Waals surface area contributed by atoms with Crippen molar-refractivity contribution >= 4 is 47.1 Å². The molecule has 0 aliphatic rings. The Bertz CT molecular complexity index is 617. The number of thiocarbonyl (C=S) groups is 1. The predicted molar refractivity (Wildman–Crippen MR) is 89.4 cm³/mol. The summed E-state index contributed by atoms with van der Waals surface area (Å²) in [5, 5.41) is 3.76. The number of amides is 3. The van der Waals surface area contributed by atoms with Crippen LogP contribution < -0.4 is 10.6 Å². The van der Waals surface area contributed by atoms with Gasteiger partial charge < -0.3 is 4.74 Å². The number of aryl methyl sites for hydroxylation is 1. The summed E-state index contributed by atoms with van der Waals surface area (Å²) in [5.74, 6) is -0.987. The molecule has 6 nitrogen and oxygen atoms in total. The van der Waals surface area contributed by atoms with Crippen LogP contribution in [0.4, 0.5) is 4.79 Å². The summed E-state index contributed by atoms with van der Waals surface area (Å²) in [6, 6.07) is 4.50. The molecule has 118 valence electrons. The molecule has 2 N–H and O–H groups in total. The zero-order valence-electron chi connectivity index (χ0n) is 12.1. The second kappa shape index (κ2) is 8.50. The maximum absolute atomic E-state index is 12.1. The van der Waals surface area contributed by atoms with Gasteiger partial charge in [-0.25, -0.2) is 0 Å². The summed E-state index contributed by atoms with van der Waals surface area (Å²) in [5.41, 5.74) is 1.30. The molecule has 0 aliphatic heterocycles. The van der Waals surface area contributed by atoms with Crippen molar-refractivity contribution in [3.05, 3.63) is 34.9 Å². The molecular weight excluding hydrogens is 324 g/mol. The van der Waals surface area contributed by atoms with E-state index < -0.39 is 17.1 Å². The number of nitrogens with one attached hydrogen (secondary N) is 2. The van der Waals surface area contributed by atoms with E-state index in [4.69, 9.17) is 17.0 Å². The molecule has 8 heteroatoms. The van der Waals surface area contributed by atoms with Gasteiger partial charge in [-0.1, -0.05) is 19.6 Å². The molecule has 0 saturated heterocycles. The standard InChI is InChI=1S/C14H16N2O4S2/c1-3-8-7-9(11(17)15-13(19)21)5-6-10(8)12(18)16-14(22)20-4-2/h5-7H,3-4H2,1-2H3,(H,16,18,22)(H2,15,17,19,21). The Labute approximate surface area is 139 Å². The van der Waals surface area contributed by atoms with E-state index in [1.807, 2.05) is 6.92 Å². The highest BCUT2D eigenvalue weighted by Gasteiger charge is 2.15. The van der Waals surface area contributed by atoms with Crippen molar-refractivity contribution in [1.29, 1.82) is 0 Å². The second-order valence-corrected chi connectivity index (χ2v) is 4.94. The van der Waals surface area contributed by atoms with Crippen molar-refractivity contribution in [2.24, 2.45) is 0 Å². The van der Waals surface area contributed by atoms with E-state index in [1.54, 1.807) is 13.0 Å². The average molecular weight is 340 g/mol. The monoisotopic (exact) mass is 340 g/mol. The van der Waals surface area contributed by atoms with Gasteiger partial charge in [0.05, 0.1) is 6.61 Å². The Kier molecular flexibility index (Phi) is 7.00. The summed E-state index contributed by atoms with van der Waals surface area (Å²) < 4.78 is 5.00. The minimum absolute atomic E-state index is 0.00274. The first-order chi connectivity index (χ1) is 10.4. The van der Waals surface area contributed by atoms with Crippen LogP contribution in [0.2, 0.25) is 0 Å². The van der Waals surface area contributed by atoms with Crippen LogP contribution in [-0.2, 0) is 11.2 Å². The normalized spacial score (nSPS) is 9.77. The third-order valence-corrected chi connectivity index (χ3v) is 3.04. The van der Waals surface area contributed by atoms with Gasteiger partial charge in [0.25, 0.3) is 22.2 Å². The van der Waals surface area contributed by atoms with Crippen LogP contribution >= 0.6 is 24.8 Å². The minimum atomic E-state index is -0.744. The van der Waals surface area contributed by atoms with Gasteiger partial charge in [-0.15, -0.1) is 0 Å². The zero-order chi connectivity index (χ0) is 16.7. The number of thiol groups is 1. The van der Waals surface area contributed by atoms with Crippen molar-refractivity contribution in [2.45, 2.75) is 20.3 Å². The van der Waals surface area contributed by atoms with Gasteiger partial charge in [-0.3, -0.25) is 25.0 Å². The molecule has 0 saturated carbocycles. The van der Waals surface area contributed by atoms with Crippen molar-refractivity contribution in [3.63, 3.8) is 0 Å². The largest absolute Gasteiger partial charge is 0.471 e. The van der Waals surface area contributed by atoms with Crippen molar-refractivity contribution in [2.75, 3.05) is 6.61 Å². The molecule has 0 atom stereocenters. The molecule has 0 spiro atoms. The second-order valence-electron chi connectivity index (χ2n) is 4.16. The molecule has 1 rings (SSSR count). The number of hydrogen-bond donors (Lipinski definition) is 3. The van der Waals surface area contributed by atoms with Crippen molar-refractivity contribution in [3.8, 4) is 0 Å². The van der Waals surface area contributed by atoms with E-state index in [9.17, 15) is 14.4 Å². The van der Waals surface area contributed by atoms with Crippen LogP contribution in [0, 0.1) is 0 Å². The maximum Gasteiger partial charge on any atom is 0.282 e. The first-order valence-electron chi connectivity index (χ1n) is 6.54. The van der Waals surface area contributed by atoms with Gasteiger partial charge in [0.15, 0.2) is 0 Å². The fraction of sp³-hybridized carbons (Fsp3) is 0.286. The van der Waals surface area contributed by atoms with Gasteiger partial charge in [0.2, 0.25) is 0 Å². The smallest absolute Gasteiger partial charge is 0.282 e. The lowest BCUT2D eigenvalue weighted by Gasteiger charge is -2.11. The number of ether oxygens (including phenoxy) is 1. The lowest BCUT2D eigenvalue weighted by Crippen LogP contribution is -2.31. The first-order valence-corrected chi connectivity index (χ1v) is 7.39. The number of imide groups is 1. The van der Waals surface area contributed by atoms with E-state index in [2.05, 4.69) is 23.3 Å². The van der Waals surface area contributed by atoms with Crippen LogP contribution in [-0.4, -0.2) is 28.8 Å². The number of hydrogen-bond acceptors (Lipinski definition) is 5. The van der Waals surface area contributed by atoms with Crippen LogP contribution in [0.5, 0.6) is 0 Å². The Morgan fingerprint density at radius 3 is 2.41 bits per heavy atom. The van der Waals surface area contributed by atoms with Gasteiger partial charge in [-0.2, -0.15) is 0 Å². The Balaban J connectivity index is 2.98. The fourth-order valence-electron chi connectivity index (χ4n) is 1.75. The Morgan fingerprint density at radius 1 is 1.18 bits per heavy atom. The highest BCUT2D eigenvalue weighted by Crippen LogP contribution is 2.13. The SMILES string of the molecule is CCOC(=S)NC(=O)c1ccc(C(=O)NC(=O)S)cc1CC. The summed E-state index contributed by atoms with van der Waals surface area (Å²) in [7, 11) is 0. The molecule has 0 aromatic heterocycles. The van der Waals surface area contributed by atoms with Gasteiger partial charge in [0.1, 0.15) is 0 Å². The van der Waals surface area contributed by atoms with Crippen LogP contribution in [0.1, 0.15) is 40.1 Å². The lowest BCUT2D eigenvalue weighted by atomic mass is 10.0. The summed E-state index contributed by atoms with van der Waals surface area (Å²) in [6.07, 6.45) is 0.528. The number of benzene rings is 1. The number of carbonyl (C=O) groups excluding carboxylic acids is 3. The lowest BCUT2D eigenvalue weighted by molar-refractivity contribution is 0.0955. The summed E-state index contributed by atoms with van der Waals surface area (Å²) in [4.78, 5) is 34.6. The fourth-order valence-corrected chi connectivity index (χ4v) is 2.06. The van der Waals surface area contributed by atoms with Gasteiger partial charge in [0, 0.05) is 11.1 Å². The molecule has 1 aromatic carbocycles. The first kappa shape index (κ1) is 18.1. The zero-order valence-corrected chi connectivity index (χ0v) is 13.8. The van der Waals surface area contributed by atoms with Crippen LogP contribution in [0.3, 0.4) is 0 Å². The minimum Gasteiger partial charge on any atom is -0.471 e. The van der Waals surface area contributed by atoms with Crippen molar-refractivity contribution in [1.82, 2.24) is 10.6 Å². The Morgan fingerprint density at radius 2 is 1.86 bits per heavy atom. The van der Waals surface area contributed by atoms with E-state index in [-0.39, 0.29) is 10.7 Å². The molecule has 0 heterocycles. The molecule has 0 aliphatic carbocycles. The maximum atomic E-state index is 12.1. The number of rotatable bonds is 4. The van der Waals surface area contributed by atoms with Crippen LogP contribution in [0.25, 0.3) is 0 Å². The van der Waals surface area contributed by atoms with E-state index >= 15 is 0 Å². The van der Waals surface area contributed by atoms with Gasteiger partial charge >= 0.3 is 0 Å². The van der Waals surface area contributed by atoms with Crippen LogP contribution in [0.15, 0.2) is 18.2 Å². The van der Waals surface area contributed by atoms with E-state index in [0.717, 1.165) is 0 Å².